The maximum atomic E-state index is 13.6. The minimum atomic E-state index is -0.337. The van der Waals surface area contributed by atoms with Crippen molar-refractivity contribution in [2.45, 2.75) is 37.8 Å². The molecular weight excluding hydrogens is 307 g/mol. The molecule has 1 aliphatic carbocycles. The van der Waals surface area contributed by atoms with Crippen LogP contribution in [0.15, 0.2) is 18.2 Å². The fraction of sp³-hybridized carbons (Fsp3) is 0.562. The summed E-state index contributed by atoms with van der Waals surface area (Å²) in [5.74, 6) is 0.108. The van der Waals surface area contributed by atoms with E-state index >= 15 is 0 Å². The Balaban J connectivity index is 1.41. The van der Waals surface area contributed by atoms with Crippen LogP contribution in [-0.4, -0.2) is 31.3 Å². The summed E-state index contributed by atoms with van der Waals surface area (Å²) in [7, 11) is 0. The number of fused-ring (bicyclic) bond motifs is 1. The first-order valence-electron chi connectivity index (χ1n) is 7.74. The highest BCUT2D eigenvalue weighted by molar-refractivity contribution is 6.31. The van der Waals surface area contributed by atoms with Gasteiger partial charge in [0, 0.05) is 35.7 Å². The number of nitrogens with one attached hydrogen (secondary N) is 2. The van der Waals surface area contributed by atoms with E-state index in [-0.39, 0.29) is 17.9 Å². The van der Waals surface area contributed by atoms with Gasteiger partial charge in [0.1, 0.15) is 5.82 Å². The van der Waals surface area contributed by atoms with Gasteiger partial charge in [-0.2, -0.15) is 0 Å². The van der Waals surface area contributed by atoms with Gasteiger partial charge in [-0.15, -0.1) is 0 Å². The van der Waals surface area contributed by atoms with Gasteiger partial charge in [0.2, 0.25) is 0 Å². The van der Waals surface area contributed by atoms with Crippen LogP contribution in [0.25, 0.3) is 0 Å². The molecule has 0 aromatic heterocycles. The minimum Gasteiger partial charge on any atom is -0.378 e. The minimum absolute atomic E-state index is 0.197. The van der Waals surface area contributed by atoms with Gasteiger partial charge < -0.3 is 15.4 Å². The summed E-state index contributed by atoms with van der Waals surface area (Å²) in [6.45, 7) is 1.19. The molecule has 1 aliphatic heterocycles. The van der Waals surface area contributed by atoms with Crippen molar-refractivity contribution < 1.29 is 13.9 Å². The first-order valence-corrected chi connectivity index (χ1v) is 8.12. The molecule has 1 saturated carbocycles. The third-order valence-corrected chi connectivity index (χ3v) is 4.89. The molecule has 0 spiro atoms. The third-order valence-electron chi connectivity index (χ3n) is 4.53. The molecule has 1 heterocycles. The molecule has 2 fully saturated rings. The highest BCUT2D eigenvalue weighted by Crippen LogP contribution is 2.37. The summed E-state index contributed by atoms with van der Waals surface area (Å²) in [5.41, 5.74) is 0.439. The normalized spacial score (nSPS) is 26.7. The van der Waals surface area contributed by atoms with Gasteiger partial charge >= 0.3 is 6.03 Å². The Morgan fingerprint density at radius 2 is 2.32 bits per heavy atom. The summed E-state index contributed by atoms with van der Waals surface area (Å²) in [6, 6.07) is 4.58. The molecular formula is C16H20ClFN2O2. The van der Waals surface area contributed by atoms with Crippen molar-refractivity contribution in [1.29, 1.82) is 0 Å². The number of ether oxygens (including phenoxy) is 1. The van der Waals surface area contributed by atoms with Gasteiger partial charge in [-0.1, -0.05) is 17.7 Å². The Kier molecular flexibility index (Phi) is 4.84. The van der Waals surface area contributed by atoms with Crippen LogP contribution < -0.4 is 10.6 Å². The van der Waals surface area contributed by atoms with Gasteiger partial charge in [0.15, 0.2) is 0 Å². The second kappa shape index (κ2) is 6.84. The van der Waals surface area contributed by atoms with Gasteiger partial charge in [-0.05, 0) is 37.8 Å². The van der Waals surface area contributed by atoms with E-state index in [0.29, 0.717) is 35.6 Å². The zero-order valence-corrected chi connectivity index (χ0v) is 13.0. The molecule has 0 unspecified atom stereocenters. The molecule has 4 nitrogen and oxygen atoms in total. The molecule has 1 aromatic rings. The molecule has 1 saturated heterocycles. The lowest BCUT2D eigenvalue weighted by molar-refractivity contribution is -0.0999. The van der Waals surface area contributed by atoms with E-state index in [2.05, 4.69) is 10.6 Å². The summed E-state index contributed by atoms with van der Waals surface area (Å²) in [5, 5.41) is 6.13. The van der Waals surface area contributed by atoms with E-state index in [4.69, 9.17) is 16.3 Å². The molecule has 120 valence electrons. The summed E-state index contributed by atoms with van der Waals surface area (Å²) in [6.07, 6.45) is 3.75. The highest BCUT2D eigenvalue weighted by atomic mass is 35.5. The first kappa shape index (κ1) is 15.6. The summed E-state index contributed by atoms with van der Waals surface area (Å²) < 4.78 is 19.2. The van der Waals surface area contributed by atoms with E-state index in [1.807, 2.05) is 0 Å². The van der Waals surface area contributed by atoms with Crippen molar-refractivity contribution in [1.82, 2.24) is 10.6 Å². The first-order chi connectivity index (χ1) is 10.6. The number of hydrogen-bond acceptors (Lipinski definition) is 2. The Bertz CT molecular complexity index is 535. The standard InChI is InChI=1S/C16H20ClFN2O2/c17-12-4-1-5-13(18)10(12)6-7-19-16(21)20-14-9-15-11(14)3-2-8-22-15/h1,4-5,11,14-15H,2-3,6-9H2,(H2,19,20,21)/t11-,14+,15+/m0/s1. The second-order valence-corrected chi connectivity index (χ2v) is 6.32. The summed E-state index contributed by atoms with van der Waals surface area (Å²) >= 11 is 5.95. The fourth-order valence-electron chi connectivity index (χ4n) is 3.25. The van der Waals surface area contributed by atoms with Gasteiger partial charge in [-0.25, -0.2) is 9.18 Å². The SMILES string of the molecule is O=C(NCCc1c(F)cccc1Cl)N[C@@H]1C[C@H]2OCCC[C@@H]12. The van der Waals surface area contributed by atoms with Crippen LogP contribution >= 0.6 is 11.6 Å². The molecule has 3 atom stereocenters. The smallest absolute Gasteiger partial charge is 0.315 e. The van der Waals surface area contributed by atoms with Gasteiger partial charge in [0.25, 0.3) is 0 Å². The molecule has 6 heteroatoms. The molecule has 2 amide bonds. The average Bonchev–Trinajstić information content (AvgIpc) is 2.48. The van der Waals surface area contributed by atoms with Crippen LogP contribution in [0.1, 0.15) is 24.8 Å². The largest absolute Gasteiger partial charge is 0.378 e. The lowest BCUT2D eigenvalue weighted by Gasteiger charge is -2.47. The van der Waals surface area contributed by atoms with Gasteiger partial charge in [0.05, 0.1) is 6.10 Å². The van der Waals surface area contributed by atoms with E-state index in [1.54, 1.807) is 12.1 Å². The zero-order chi connectivity index (χ0) is 15.5. The monoisotopic (exact) mass is 326 g/mol. The van der Waals surface area contributed by atoms with Gasteiger partial charge in [-0.3, -0.25) is 0 Å². The van der Waals surface area contributed by atoms with Crippen molar-refractivity contribution in [3.05, 3.63) is 34.6 Å². The molecule has 0 bridgehead atoms. The Hall–Kier alpha value is -1.33. The zero-order valence-electron chi connectivity index (χ0n) is 12.3. The molecule has 1 aromatic carbocycles. The van der Waals surface area contributed by atoms with Crippen LogP contribution in [0.4, 0.5) is 9.18 Å². The van der Waals surface area contributed by atoms with Crippen molar-refractivity contribution in [2.75, 3.05) is 13.2 Å². The number of hydrogen-bond donors (Lipinski definition) is 2. The second-order valence-electron chi connectivity index (χ2n) is 5.91. The Morgan fingerprint density at radius 1 is 1.45 bits per heavy atom. The highest BCUT2D eigenvalue weighted by Gasteiger charge is 2.43. The van der Waals surface area contributed by atoms with Crippen molar-refractivity contribution in [3.63, 3.8) is 0 Å². The number of carbonyl (C=O) groups is 1. The van der Waals surface area contributed by atoms with Crippen LogP contribution in [0.2, 0.25) is 5.02 Å². The maximum Gasteiger partial charge on any atom is 0.315 e. The number of urea groups is 1. The van der Waals surface area contributed by atoms with E-state index in [0.717, 1.165) is 25.9 Å². The third kappa shape index (κ3) is 3.36. The van der Waals surface area contributed by atoms with Crippen LogP contribution in [0.3, 0.4) is 0 Å². The maximum absolute atomic E-state index is 13.6. The fourth-order valence-corrected chi connectivity index (χ4v) is 3.51. The number of benzene rings is 1. The van der Waals surface area contributed by atoms with E-state index in [9.17, 15) is 9.18 Å². The quantitative estimate of drug-likeness (QED) is 0.894. The number of amides is 2. The van der Waals surface area contributed by atoms with Crippen molar-refractivity contribution in [3.8, 4) is 0 Å². The topological polar surface area (TPSA) is 50.4 Å². The molecule has 3 rings (SSSR count). The van der Waals surface area contributed by atoms with Crippen molar-refractivity contribution >= 4 is 17.6 Å². The number of halogens is 2. The molecule has 22 heavy (non-hydrogen) atoms. The Labute approximate surface area is 134 Å². The summed E-state index contributed by atoms with van der Waals surface area (Å²) in [4.78, 5) is 11.9. The molecule has 2 N–H and O–H groups in total. The Morgan fingerprint density at radius 3 is 3.09 bits per heavy atom. The average molecular weight is 327 g/mol. The lowest BCUT2D eigenvalue weighted by atomic mass is 9.72. The van der Waals surface area contributed by atoms with E-state index in [1.165, 1.54) is 6.07 Å². The lowest BCUT2D eigenvalue weighted by Crippen LogP contribution is -2.59. The van der Waals surface area contributed by atoms with Crippen LogP contribution in [-0.2, 0) is 11.2 Å². The predicted molar refractivity (Wildman–Crippen MR) is 82.5 cm³/mol. The van der Waals surface area contributed by atoms with Crippen LogP contribution in [0, 0.1) is 11.7 Å². The van der Waals surface area contributed by atoms with Crippen LogP contribution in [0.5, 0.6) is 0 Å². The van der Waals surface area contributed by atoms with Crippen molar-refractivity contribution in [2.24, 2.45) is 5.92 Å². The van der Waals surface area contributed by atoms with E-state index < -0.39 is 0 Å². The number of carbonyl (C=O) groups excluding carboxylic acids is 1. The molecule has 2 aliphatic rings. The molecule has 0 radical (unpaired) electrons. The predicted octanol–water partition coefficient (Wildman–Crippen LogP) is 2.89. The number of rotatable bonds is 4.